The Labute approximate surface area is 183 Å². The fourth-order valence-corrected chi connectivity index (χ4v) is 3.94. The van der Waals surface area contributed by atoms with Gasteiger partial charge >= 0.3 is 0 Å². The first-order valence-electron chi connectivity index (χ1n) is 9.76. The number of benzene rings is 1. The molecule has 7 heteroatoms. The molecule has 4 rings (SSSR count). The first kappa shape index (κ1) is 20.2. The van der Waals surface area contributed by atoms with Crippen LogP contribution >= 0.6 is 15.9 Å². The zero-order valence-electron chi connectivity index (χ0n) is 17.3. The van der Waals surface area contributed by atoms with Crippen molar-refractivity contribution in [2.24, 2.45) is 5.10 Å². The van der Waals surface area contributed by atoms with Crippen molar-refractivity contribution in [3.8, 4) is 5.82 Å². The van der Waals surface area contributed by atoms with Gasteiger partial charge in [-0.25, -0.2) is 9.97 Å². The molecule has 0 aliphatic heterocycles. The lowest BCUT2D eigenvalue weighted by Crippen LogP contribution is -2.22. The van der Waals surface area contributed by atoms with Gasteiger partial charge in [-0.1, -0.05) is 22.9 Å². The summed E-state index contributed by atoms with van der Waals surface area (Å²) in [5, 5.41) is 5.06. The second-order valence-corrected chi connectivity index (χ2v) is 8.17. The molecule has 152 valence electrons. The Hall–Kier alpha value is -3.06. The summed E-state index contributed by atoms with van der Waals surface area (Å²) in [5.74, 6) is 1.49. The molecule has 30 heavy (non-hydrogen) atoms. The summed E-state index contributed by atoms with van der Waals surface area (Å²) >= 11 is 3.43. The van der Waals surface area contributed by atoms with E-state index in [1.165, 1.54) is 4.68 Å². The molecule has 0 aliphatic carbocycles. The predicted molar refractivity (Wildman–Crippen MR) is 124 cm³/mol. The van der Waals surface area contributed by atoms with Crippen molar-refractivity contribution in [1.82, 2.24) is 19.2 Å². The first-order chi connectivity index (χ1) is 14.4. The maximum atomic E-state index is 13.1. The quantitative estimate of drug-likeness (QED) is 0.411. The number of aryl methyl sites for hydroxylation is 3. The Balaban J connectivity index is 1.81. The maximum Gasteiger partial charge on any atom is 0.282 e. The highest BCUT2D eigenvalue weighted by molar-refractivity contribution is 9.10. The number of hydrogen-bond acceptors (Lipinski definition) is 4. The minimum atomic E-state index is -0.177. The molecule has 0 aliphatic rings. The molecule has 0 radical (unpaired) electrons. The van der Waals surface area contributed by atoms with E-state index >= 15 is 0 Å². The minimum absolute atomic E-state index is 0.177. The molecular formula is C23H22BrN5O. The molecule has 0 atom stereocenters. The second kappa shape index (κ2) is 7.99. The molecule has 0 amide bonds. The van der Waals surface area contributed by atoms with Crippen LogP contribution in [0.25, 0.3) is 16.7 Å². The van der Waals surface area contributed by atoms with E-state index in [0.717, 1.165) is 32.8 Å². The van der Waals surface area contributed by atoms with Gasteiger partial charge in [-0.15, -0.1) is 0 Å². The van der Waals surface area contributed by atoms with E-state index in [9.17, 15) is 4.79 Å². The lowest BCUT2D eigenvalue weighted by atomic mass is 10.2. The summed E-state index contributed by atoms with van der Waals surface area (Å²) in [4.78, 5) is 22.2. The standard InChI is InChI=1S/C23H22BrN5O/c1-5-21-27-20-7-6-18(24)12-19(20)23(30)29(21)26-13-17-11-15(3)28(16(17)4)22-10-14(2)8-9-25-22/h6-13H,5H2,1-4H3. The molecule has 3 aromatic heterocycles. The number of halogens is 1. The van der Waals surface area contributed by atoms with Crippen molar-refractivity contribution in [1.29, 1.82) is 0 Å². The van der Waals surface area contributed by atoms with Crippen molar-refractivity contribution in [2.45, 2.75) is 34.1 Å². The lowest BCUT2D eigenvalue weighted by molar-refractivity contribution is 0.734. The predicted octanol–water partition coefficient (Wildman–Crippen LogP) is 4.71. The molecule has 6 nitrogen and oxygen atoms in total. The fraction of sp³-hybridized carbons (Fsp3) is 0.217. The number of aromatic nitrogens is 4. The van der Waals surface area contributed by atoms with E-state index < -0.39 is 0 Å². The molecular weight excluding hydrogens is 442 g/mol. The Morgan fingerprint density at radius 2 is 1.93 bits per heavy atom. The molecule has 0 unspecified atom stereocenters. The van der Waals surface area contributed by atoms with Gasteiger partial charge in [-0.05, 0) is 62.7 Å². The van der Waals surface area contributed by atoms with Gasteiger partial charge in [0, 0.05) is 34.0 Å². The van der Waals surface area contributed by atoms with Crippen LogP contribution in [0.3, 0.4) is 0 Å². The average molecular weight is 464 g/mol. The Morgan fingerprint density at radius 3 is 2.67 bits per heavy atom. The monoisotopic (exact) mass is 463 g/mol. The van der Waals surface area contributed by atoms with E-state index in [2.05, 4.69) is 35.6 Å². The number of fused-ring (bicyclic) bond motifs is 1. The SMILES string of the molecule is CCc1nc2ccc(Br)cc2c(=O)n1N=Cc1cc(C)n(-c2cc(C)ccn2)c1C. The van der Waals surface area contributed by atoms with Gasteiger partial charge in [0.05, 0.1) is 17.1 Å². The number of rotatable bonds is 4. The topological polar surface area (TPSA) is 65.1 Å². The molecule has 3 heterocycles. The Bertz CT molecular complexity index is 1350. The van der Waals surface area contributed by atoms with Gasteiger partial charge in [-0.3, -0.25) is 4.79 Å². The second-order valence-electron chi connectivity index (χ2n) is 7.26. The third kappa shape index (κ3) is 3.61. The summed E-state index contributed by atoms with van der Waals surface area (Å²) in [6.45, 7) is 8.07. The van der Waals surface area contributed by atoms with Crippen LogP contribution in [0.1, 0.15) is 35.3 Å². The zero-order valence-corrected chi connectivity index (χ0v) is 18.9. The van der Waals surface area contributed by atoms with Crippen molar-refractivity contribution in [3.05, 3.63) is 85.8 Å². The van der Waals surface area contributed by atoms with Crippen LogP contribution in [-0.4, -0.2) is 25.4 Å². The smallest absolute Gasteiger partial charge is 0.282 e. The van der Waals surface area contributed by atoms with Gasteiger partial charge in [0.1, 0.15) is 11.6 Å². The normalized spacial score (nSPS) is 11.6. The van der Waals surface area contributed by atoms with Crippen molar-refractivity contribution in [2.75, 3.05) is 0 Å². The molecule has 0 bridgehead atoms. The van der Waals surface area contributed by atoms with Crippen molar-refractivity contribution in [3.63, 3.8) is 0 Å². The van der Waals surface area contributed by atoms with Gasteiger partial charge in [0.2, 0.25) is 0 Å². The van der Waals surface area contributed by atoms with Crippen LogP contribution in [0.4, 0.5) is 0 Å². The third-order valence-electron chi connectivity index (χ3n) is 5.10. The lowest BCUT2D eigenvalue weighted by Gasteiger charge is -2.09. The molecule has 0 saturated carbocycles. The largest absolute Gasteiger partial charge is 0.303 e. The van der Waals surface area contributed by atoms with E-state index in [-0.39, 0.29) is 5.56 Å². The Kier molecular flexibility index (Phi) is 5.39. The van der Waals surface area contributed by atoms with E-state index in [1.54, 1.807) is 12.3 Å². The highest BCUT2D eigenvalue weighted by atomic mass is 79.9. The van der Waals surface area contributed by atoms with Crippen LogP contribution in [0.15, 0.2) is 57.0 Å². The maximum absolute atomic E-state index is 13.1. The van der Waals surface area contributed by atoms with Gasteiger partial charge < -0.3 is 4.57 Å². The van der Waals surface area contributed by atoms with E-state index in [1.807, 2.05) is 64.2 Å². The van der Waals surface area contributed by atoms with Crippen LogP contribution in [-0.2, 0) is 6.42 Å². The summed E-state index contributed by atoms with van der Waals surface area (Å²) in [5.41, 5.74) is 4.64. The molecule has 4 aromatic rings. The third-order valence-corrected chi connectivity index (χ3v) is 5.60. The van der Waals surface area contributed by atoms with Crippen LogP contribution in [0, 0.1) is 20.8 Å². The molecule has 0 spiro atoms. The van der Waals surface area contributed by atoms with Gasteiger partial charge in [0.25, 0.3) is 5.56 Å². The number of hydrogen-bond donors (Lipinski definition) is 0. The number of pyridine rings is 1. The Morgan fingerprint density at radius 1 is 1.13 bits per heavy atom. The van der Waals surface area contributed by atoms with Crippen LogP contribution in [0.5, 0.6) is 0 Å². The highest BCUT2D eigenvalue weighted by Gasteiger charge is 2.12. The van der Waals surface area contributed by atoms with Crippen LogP contribution in [0.2, 0.25) is 0 Å². The van der Waals surface area contributed by atoms with Crippen LogP contribution < -0.4 is 5.56 Å². The summed E-state index contributed by atoms with van der Waals surface area (Å²) < 4.78 is 4.32. The summed E-state index contributed by atoms with van der Waals surface area (Å²) in [6.07, 6.45) is 4.13. The molecule has 0 N–H and O–H groups in total. The highest BCUT2D eigenvalue weighted by Crippen LogP contribution is 2.19. The van der Waals surface area contributed by atoms with Crippen molar-refractivity contribution >= 4 is 33.0 Å². The summed E-state index contributed by atoms with van der Waals surface area (Å²) in [7, 11) is 0. The fourth-order valence-electron chi connectivity index (χ4n) is 3.58. The molecule has 0 saturated heterocycles. The van der Waals surface area contributed by atoms with E-state index in [4.69, 9.17) is 0 Å². The molecule has 0 fully saturated rings. The van der Waals surface area contributed by atoms with Gasteiger partial charge in [0.15, 0.2) is 0 Å². The minimum Gasteiger partial charge on any atom is -0.303 e. The number of nitrogens with zero attached hydrogens (tertiary/aromatic N) is 5. The first-order valence-corrected chi connectivity index (χ1v) is 10.6. The zero-order chi connectivity index (χ0) is 21.4. The van der Waals surface area contributed by atoms with Crippen molar-refractivity contribution < 1.29 is 0 Å². The summed E-state index contributed by atoms with van der Waals surface area (Å²) in [6, 6.07) is 11.6. The average Bonchev–Trinajstić information content (AvgIpc) is 3.00. The molecule has 1 aromatic carbocycles. The van der Waals surface area contributed by atoms with E-state index in [0.29, 0.717) is 23.1 Å². The van der Waals surface area contributed by atoms with Gasteiger partial charge in [-0.2, -0.15) is 9.78 Å².